The third-order valence-corrected chi connectivity index (χ3v) is 7.50. The fourth-order valence-corrected chi connectivity index (χ4v) is 5.49. The molecule has 0 aromatic heterocycles. The molecule has 1 amide bonds. The van der Waals surface area contributed by atoms with Gasteiger partial charge < -0.3 is 24.6 Å². The Balaban J connectivity index is 1.25. The summed E-state index contributed by atoms with van der Waals surface area (Å²) >= 11 is 0. The summed E-state index contributed by atoms with van der Waals surface area (Å²) in [6.07, 6.45) is 3.75. The maximum absolute atomic E-state index is 13.0. The molecule has 37 heavy (non-hydrogen) atoms. The first-order chi connectivity index (χ1) is 18.1. The average Bonchev–Trinajstić information content (AvgIpc) is 3.66. The molecule has 0 radical (unpaired) electrons. The number of rotatable bonds is 11. The van der Waals surface area contributed by atoms with Crippen LogP contribution in [0.5, 0.6) is 0 Å². The summed E-state index contributed by atoms with van der Waals surface area (Å²) in [5.74, 6) is 0.0597. The third-order valence-electron chi connectivity index (χ3n) is 7.50. The number of hydrogen-bond acceptors (Lipinski definition) is 7. The molecule has 5 atom stereocenters. The maximum atomic E-state index is 13.0. The number of benzene rings is 2. The van der Waals surface area contributed by atoms with Crippen molar-refractivity contribution in [1.82, 2.24) is 10.4 Å². The lowest BCUT2D eigenvalue weighted by Crippen LogP contribution is -2.50. The number of aliphatic hydroxyl groups is 1. The quantitative estimate of drug-likeness (QED) is 0.444. The van der Waals surface area contributed by atoms with Gasteiger partial charge in [-0.1, -0.05) is 73.5 Å². The van der Waals surface area contributed by atoms with Crippen molar-refractivity contribution < 1.29 is 28.9 Å². The molecule has 1 aliphatic carbocycles. The fraction of sp³-hybridized carbons (Fsp3) is 0.552. The Hall–Kier alpha value is -2.49. The lowest BCUT2D eigenvalue weighted by molar-refractivity contribution is -0.214. The van der Waals surface area contributed by atoms with E-state index < -0.39 is 18.2 Å². The summed E-state index contributed by atoms with van der Waals surface area (Å²) < 4.78 is 16.9. The molecular weight excluding hydrogens is 472 g/mol. The molecule has 0 spiro atoms. The van der Waals surface area contributed by atoms with Crippen LogP contribution < -0.4 is 5.32 Å². The second kappa shape index (κ2) is 12.8. The van der Waals surface area contributed by atoms with Crippen LogP contribution in [0, 0.1) is 5.92 Å². The van der Waals surface area contributed by atoms with Crippen LogP contribution >= 0.6 is 0 Å². The van der Waals surface area contributed by atoms with Crippen molar-refractivity contribution >= 4 is 6.09 Å². The van der Waals surface area contributed by atoms with Gasteiger partial charge in [-0.3, -0.25) is 4.84 Å². The topological polar surface area (TPSA) is 89.5 Å². The van der Waals surface area contributed by atoms with E-state index in [0.29, 0.717) is 26.2 Å². The van der Waals surface area contributed by atoms with Crippen LogP contribution in [0.15, 0.2) is 60.7 Å². The second-order valence-corrected chi connectivity index (χ2v) is 10.3. The smallest absolute Gasteiger partial charge is 0.407 e. The van der Waals surface area contributed by atoms with Gasteiger partial charge in [-0.25, -0.2) is 4.79 Å². The monoisotopic (exact) mass is 510 g/mol. The molecule has 2 aromatic rings. The van der Waals surface area contributed by atoms with Crippen LogP contribution in [-0.2, 0) is 32.0 Å². The third kappa shape index (κ3) is 7.30. The van der Waals surface area contributed by atoms with E-state index >= 15 is 0 Å². The highest BCUT2D eigenvalue weighted by Gasteiger charge is 2.44. The van der Waals surface area contributed by atoms with Crippen molar-refractivity contribution in [3.63, 3.8) is 0 Å². The molecule has 0 bridgehead atoms. The number of nitrogens with one attached hydrogen (secondary N) is 1. The molecule has 2 N–H and O–H groups in total. The zero-order valence-electron chi connectivity index (χ0n) is 21.2. The Labute approximate surface area is 218 Å². The van der Waals surface area contributed by atoms with E-state index in [9.17, 15) is 9.90 Å². The molecule has 2 saturated heterocycles. The Kier molecular flexibility index (Phi) is 9.07. The number of fused-ring (bicyclic) bond motifs is 1. The number of nitrogens with zero attached hydrogens (tertiary/aromatic N) is 1. The maximum Gasteiger partial charge on any atom is 0.407 e. The Morgan fingerprint density at radius 1 is 1.00 bits per heavy atom. The van der Waals surface area contributed by atoms with Gasteiger partial charge in [0, 0.05) is 6.54 Å². The van der Waals surface area contributed by atoms with Gasteiger partial charge in [0.15, 0.2) is 6.29 Å². The van der Waals surface area contributed by atoms with Gasteiger partial charge in [-0.15, -0.1) is 0 Å². The first kappa shape index (κ1) is 26.1. The number of aliphatic hydroxyl groups excluding tert-OH is 1. The van der Waals surface area contributed by atoms with E-state index in [2.05, 4.69) is 17.4 Å². The average molecular weight is 511 g/mol. The van der Waals surface area contributed by atoms with Gasteiger partial charge in [-0.05, 0) is 36.8 Å². The minimum Gasteiger partial charge on any atom is -0.443 e. The van der Waals surface area contributed by atoms with E-state index in [1.54, 1.807) is 0 Å². The number of hydroxylamine groups is 2. The molecule has 5 rings (SSSR count). The van der Waals surface area contributed by atoms with E-state index in [4.69, 9.17) is 19.0 Å². The van der Waals surface area contributed by atoms with E-state index in [1.165, 1.54) is 0 Å². The Morgan fingerprint density at radius 2 is 1.70 bits per heavy atom. The van der Waals surface area contributed by atoms with Gasteiger partial charge in [0.25, 0.3) is 0 Å². The Morgan fingerprint density at radius 3 is 2.43 bits per heavy atom. The molecule has 8 nitrogen and oxygen atoms in total. The second-order valence-electron chi connectivity index (χ2n) is 10.3. The summed E-state index contributed by atoms with van der Waals surface area (Å²) in [4.78, 5) is 19.3. The largest absolute Gasteiger partial charge is 0.443 e. The van der Waals surface area contributed by atoms with Crippen LogP contribution in [0.25, 0.3) is 0 Å². The summed E-state index contributed by atoms with van der Waals surface area (Å²) in [6.45, 7) is 1.76. The fourth-order valence-electron chi connectivity index (χ4n) is 5.49. The molecule has 2 aliphatic heterocycles. The highest BCUT2D eigenvalue weighted by atomic mass is 16.7. The lowest BCUT2D eigenvalue weighted by atomic mass is 10.0. The first-order valence-corrected chi connectivity index (χ1v) is 13.5. The van der Waals surface area contributed by atoms with E-state index in [0.717, 1.165) is 43.2 Å². The normalized spacial score (nSPS) is 25.2. The van der Waals surface area contributed by atoms with Crippen LogP contribution in [-0.4, -0.2) is 66.7 Å². The molecule has 2 aromatic carbocycles. The molecular formula is C29H38N2O6. The summed E-state index contributed by atoms with van der Waals surface area (Å²) in [5.41, 5.74) is 2.13. The highest BCUT2D eigenvalue weighted by Crippen LogP contribution is 2.33. The predicted octanol–water partition coefficient (Wildman–Crippen LogP) is 3.82. The molecule has 5 unspecified atom stereocenters. The number of alkyl carbamates (subject to hydrolysis) is 1. The number of amides is 1. The number of ether oxygens (including phenoxy) is 3. The van der Waals surface area contributed by atoms with Crippen LogP contribution in [0.2, 0.25) is 0 Å². The predicted molar refractivity (Wildman–Crippen MR) is 137 cm³/mol. The van der Waals surface area contributed by atoms with Crippen LogP contribution in [0.4, 0.5) is 4.79 Å². The molecule has 3 fully saturated rings. The number of carbonyl (C=O) groups excluding carboxylic acids is 1. The number of carbonyl (C=O) groups is 1. The van der Waals surface area contributed by atoms with Crippen molar-refractivity contribution in [3.8, 4) is 0 Å². The first-order valence-electron chi connectivity index (χ1n) is 13.5. The molecule has 3 aliphatic rings. The van der Waals surface area contributed by atoms with Crippen LogP contribution in [0.1, 0.15) is 43.2 Å². The van der Waals surface area contributed by atoms with Crippen molar-refractivity contribution in [2.45, 2.75) is 75.7 Å². The van der Waals surface area contributed by atoms with Crippen LogP contribution in [0.3, 0.4) is 0 Å². The summed E-state index contributed by atoms with van der Waals surface area (Å²) in [7, 11) is 0. The minimum atomic E-state index is -0.875. The SMILES string of the molecule is O=C(NC(Cc1ccccc1)C(O)CN(Cc1ccccc1)OC1CCCC1)OC1COC2OCCC12. The molecule has 8 heteroatoms. The summed E-state index contributed by atoms with van der Waals surface area (Å²) in [5, 5.41) is 16.2. The lowest BCUT2D eigenvalue weighted by Gasteiger charge is -2.31. The molecule has 1 saturated carbocycles. The molecule has 200 valence electrons. The van der Waals surface area contributed by atoms with Crippen molar-refractivity contribution in [3.05, 3.63) is 71.8 Å². The van der Waals surface area contributed by atoms with Gasteiger partial charge >= 0.3 is 6.09 Å². The zero-order valence-corrected chi connectivity index (χ0v) is 21.2. The van der Waals surface area contributed by atoms with Gasteiger partial charge in [-0.2, -0.15) is 5.06 Å². The van der Waals surface area contributed by atoms with E-state index in [-0.39, 0.29) is 31.0 Å². The van der Waals surface area contributed by atoms with Gasteiger partial charge in [0.2, 0.25) is 0 Å². The van der Waals surface area contributed by atoms with Gasteiger partial charge in [0.1, 0.15) is 6.10 Å². The number of hydrogen-bond donors (Lipinski definition) is 2. The van der Waals surface area contributed by atoms with Gasteiger partial charge in [0.05, 0.1) is 43.9 Å². The van der Waals surface area contributed by atoms with Crippen molar-refractivity contribution in [2.75, 3.05) is 19.8 Å². The Bertz CT molecular complexity index is 971. The standard InChI is InChI=1S/C29H38N2O6/c32-26(19-31(37-23-13-7-8-14-23)18-22-11-5-2-6-12-22)25(17-21-9-3-1-4-10-21)30-29(33)36-27-20-35-28-24(27)15-16-34-28/h1-6,9-12,23-28,32H,7-8,13-20H2,(H,30,33). The summed E-state index contributed by atoms with van der Waals surface area (Å²) in [6, 6.07) is 19.4. The molecule has 2 heterocycles. The van der Waals surface area contributed by atoms with Crippen molar-refractivity contribution in [1.29, 1.82) is 0 Å². The minimum absolute atomic E-state index is 0.0597. The zero-order chi connectivity index (χ0) is 25.5. The van der Waals surface area contributed by atoms with E-state index in [1.807, 2.05) is 53.6 Å². The highest BCUT2D eigenvalue weighted by molar-refractivity contribution is 5.68. The van der Waals surface area contributed by atoms with Crippen molar-refractivity contribution in [2.24, 2.45) is 5.92 Å².